The molecule has 0 atom stereocenters. The molecule has 26 heavy (non-hydrogen) atoms. The normalized spacial score (nSPS) is 14.7. The molecule has 0 aliphatic heterocycles. The van der Waals surface area contributed by atoms with Gasteiger partial charge in [0.2, 0.25) is 0 Å². The summed E-state index contributed by atoms with van der Waals surface area (Å²) in [4.78, 5) is 4.81. The molecule has 0 saturated heterocycles. The molecule has 4 heteroatoms. The summed E-state index contributed by atoms with van der Waals surface area (Å²) in [5, 5.41) is 1.78. The van der Waals surface area contributed by atoms with Gasteiger partial charge in [-0.3, -0.25) is 4.57 Å². The lowest BCUT2D eigenvalue weighted by molar-refractivity contribution is 0.415. The van der Waals surface area contributed by atoms with Crippen LogP contribution in [0.2, 0.25) is 0 Å². The number of aryl methyl sites for hydroxylation is 1. The fourth-order valence-corrected chi connectivity index (χ4v) is 4.87. The minimum Gasteiger partial charge on any atom is -0.497 e. The highest BCUT2D eigenvalue weighted by molar-refractivity contribution is 7.99. The molecular formula is C22H24N2OS. The van der Waals surface area contributed by atoms with Crippen molar-refractivity contribution in [2.24, 2.45) is 0 Å². The van der Waals surface area contributed by atoms with Gasteiger partial charge in [-0.25, -0.2) is 4.98 Å². The van der Waals surface area contributed by atoms with Crippen LogP contribution in [0, 0.1) is 6.92 Å². The van der Waals surface area contributed by atoms with Gasteiger partial charge in [0.15, 0.2) is 5.16 Å². The number of thioether (sulfide) groups is 1. The minimum absolute atomic E-state index is 0.684. The maximum atomic E-state index is 5.31. The highest BCUT2D eigenvalue weighted by Gasteiger charge is 2.22. The number of methoxy groups -OCH3 is 1. The van der Waals surface area contributed by atoms with Crippen LogP contribution in [-0.2, 0) is 0 Å². The van der Waals surface area contributed by atoms with Crippen molar-refractivity contribution in [3.05, 3.63) is 60.3 Å². The molecule has 2 aromatic carbocycles. The van der Waals surface area contributed by atoms with Crippen LogP contribution in [-0.4, -0.2) is 21.9 Å². The van der Waals surface area contributed by atoms with Crippen LogP contribution >= 0.6 is 11.8 Å². The molecule has 1 fully saturated rings. The highest BCUT2D eigenvalue weighted by Crippen LogP contribution is 2.38. The number of nitrogens with zero attached hydrogens (tertiary/aromatic N) is 2. The molecule has 3 nitrogen and oxygen atoms in total. The maximum absolute atomic E-state index is 5.31. The van der Waals surface area contributed by atoms with Gasteiger partial charge in [0.05, 0.1) is 24.7 Å². The molecule has 0 amide bonds. The lowest BCUT2D eigenvalue weighted by atomic mass is 10.1. The van der Waals surface area contributed by atoms with Crippen LogP contribution in [0.15, 0.2) is 59.9 Å². The molecule has 1 aliphatic rings. The predicted octanol–water partition coefficient (Wildman–Crippen LogP) is 5.89. The topological polar surface area (TPSA) is 27.1 Å². The number of imidazole rings is 1. The van der Waals surface area contributed by atoms with Crippen LogP contribution in [0.25, 0.3) is 16.9 Å². The van der Waals surface area contributed by atoms with E-state index in [1.807, 2.05) is 30.1 Å². The average molecular weight is 365 g/mol. The van der Waals surface area contributed by atoms with Crippen LogP contribution in [0.4, 0.5) is 0 Å². The number of para-hydroxylation sites is 1. The molecule has 1 aromatic heterocycles. The third-order valence-electron chi connectivity index (χ3n) is 5.05. The van der Waals surface area contributed by atoms with Crippen molar-refractivity contribution in [1.29, 1.82) is 0 Å². The van der Waals surface area contributed by atoms with Gasteiger partial charge in [-0.2, -0.15) is 0 Å². The summed E-state index contributed by atoms with van der Waals surface area (Å²) in [6, 6.07) is 16.8. The second kappa shape index (κ2) is 7.58. The number of rotatable bonds is 5. The molecule has 1 heterocycles. The summed E-state index contributed by atoms with van der Waals surface area (Å²) in [5.41, 5.74) is 4.74. The van der Waals surface area contributed by atoms with E-state index >= 15 is 0 Å². The summed E-state index contributed by atoms with van der Waals surface area (Å²) in [5.74, 6) is 0.872. The molecule has 3 aromatic rings. The summed E-state index contributed by atoms with van der Waals surface area (Å²) >= 11 is 1.93. The van der Waals surface area contributed by atoms with Crippen LogP contribution < -0.4 is 4.74 Å². The number of hydrogen-bond acceptors (Lipinski definition) is 3. The summed E-state index contributed by atoms with van der Waals surface area (Å²) in [6.07, 6.45) is 7.28. The van der Waals surface area contributed by atoms with Gasteiger partial charge in [0, 0.05) is 10.8 Å². The fourth-order valence-electron chi connectivity index (χ4n) is 3.59. The Labute approximate surface area is 159 Å². The van der Waals surface area contributed by atoms with E-state index in [1.54, 1.807) is 7.11 Å². The van der Waals surface area contributed by atoms with Crippen molar-refractivity contribution in [2.45, 2.75) is 43.0 Å². The largest absolute Gasteiger partial charge is 0.497 e. The van der Waals surface area contributed by atoms with Gasteiger partial charge in [0.25, 0.3) is 0 Å². The molecule has 0 radical (unpaired) electrons. The fraction of sp³-hybridized carbons (Fsp3) is 0.318. The Morgan fingerprint density at radius 1 is 1.04 bits per heavy atom. The Morgan fingerprint density at radius 2 is 1.77 bits per heavy atom. The smallest absolute Gasteiger partial charge is 0.173 e. The lowest BCUT2D eigenvalue weighted by Gasteiger charge is -2.16. The Balaban J connectivity index is 1.80. The first-order valence-corrected chi connectivity index (χ1v) is 10.1. The Bertz CT molecular complexity index is 879. The standard InChI is InChI=1S/C22H24N2OS/c1-16-7-3-6-10-20(16)24-21(17-11-13-18(25-2)14-12-17)15-23-22(24)26-19-8-4-5-9-19/h3,6-7,10-15,19H,4-5,8-9H2,1-2H3. The van der Waals surface area contributed by atoms with Crippen molar-refractivity contribution >= 4 is 11.8 Å². The van der Waals surface area contributed by atoms with E-state index < -0.39 is 0 Å². The highest BCUT2D eigenvalue weighted by atomic mass is 32.2. The minimum atomic E-state index is 0.684. The first-order valence-electron chi connectivity index (χ1n) is 9.21. The molecule has 0 N–H and O–H groups in total. The van der Waals surface area contributed by atoms with E-state index in [0.29, 0.717) is 5.25 Å². The Hall–Kier alpha value is -2.20. The lowest BCUT2D eigenvalue weighted by Crippen LogP contribution is -2.04. The molecular weight excluding hydrogens is 340 g/mol. The molecule has 0 spiro atoms. The van der Waals surface area contributed by atoms with Crippen molar-refractivity contribution in [2.75, 3.05) is 7.11 Å². The van der Waals surface area contributed by atoms with Crippen molar-refractivity contribution in [3.63, 3.8) is 0 Å². The van der Waals surface area contributed by atoms with E-state index in [9.17, 15) is 0 Å². The molecule has 0 unspecified atom stereocenters. The summed E-state index contributed by atoms with van der Waals surface area (Å²) in [6.45, 7) is 2.16. The van der Waals surface area contributed by atoms with Gasteiger partial charge >= 0.3 is 0 Å². The predicted molar refractivity (Wildman–Crippen MR) is 108 cm³/mol. The zero-order chi connectivity index (χ0) is 17.9. The second-order valence-electron chi connectivity index (χ2n) is 6.80. The monoisotopic (exact) mass is 364 g/mol. The molecule has 1 aliphatic carbocycles. The third-order valence-corrected chi connectivity index (χ3v) is 6.35. The van der Waals surface area contributed by atoms with E-state index in [2.05, 4.69) is 47.9 Å². The van der Waals surface area contributed by atoms with E-state index in [0.717, 1.165) is 22.2 Å². The third kappa shape index (κ3) is 3.38. The molecule has 0 bridgehead atoms. The molecule has 134 valence electrons. The number of hydrogen-bond donors (Lipinski definition) is 0. The average Bonchev–Trinajstić information content (AvgIpc) is 3.33. The summed E-state index contributed by atoms with van der Waals surface area (Å²) in [7, 11) is 1.70. The van der Waals surface area contributed by atoms with E-state index in [1.165, 1.54) is 36.9 Å². The first-order chi connectivity index (χ1) is 12.8. The maximum Gasteiger partial charge on any atom is 0.173 e. The zero-order valence-electron chi connectivity index (χ0n) is 15.3. The number of ether oxygens (including phenoxy) is 1. The SMILES string of the molecule is COc1ccc(-c2cnc(SC3CCCC3)n2-c2ccccc2C)cc1. The summed E-state index contributed by atoms with van der Waals surface area (Å²) < 4.78 is 7.63. The van der Waals surface area contributed by atoms with Crippen molar-refractivity contribution < 1.29 is 4.74 Å². The van der Waals surface area contributed by atoms with Gasteiger partial charge in [-0.15, -0.1) is 0 Å². The zero-order valence-corrected chi connectivity index (χ0v) is 16.1. The van der Waals surface area contributed by atoms with E-state index in [4.69, 9.17) is 9.72 Å². The Morgan fingerprint density at radius 3 is 2.46 bits per heavy atom. The van der Waals surface area contributed by atoms with Gasteiger partial charge < -0.3 is 4.74 Å². The van der Waals surface area contributed by atoms with Crippen molar-refractivity contribution in [1.82, 2.24) is 9.55 Å². The second-order valence-corrected chi connectivity index (χ2v) is 8.07. The van der Waals surface area contributed by atoms with E-state index in [-0.39, 0.29) is 0 Å². The number of benzene rings is 2. The van der Waals surface area contributed by atoms with Crippen LogP contribution in [0.3, 0.4) is 0 Å². The quantitative estimate of drug-likeness (QED) is 0.565. The Kier molecular flexibility index (Phi) is 5.02. The van der Waals surface area contributed by atoms with Crippen LogP contribution in [0.5, 0.6) is 5.75 Å². The molecule has 4 rings (SSSR count). The molecule has 1 saturated carbocycles. The number of aromatic nitrogens is 2. The van der Waals surface area contributed by atoms with Crippen molar-refractivity contribution in [3.8, 4) is 22.7 Å². The van der Waals surface area contributed by atoms with Gasteiger partial charge in [-0.05, 0) is 55.7 Å². The van der Waals surface area contributed by atoms with Gasteiger partial charge in [0.1, 0.15) is 5.75 Å². The van der Waals surface area contributed by atoms with Gasteiger partial charge in [-0.1, -0.05) is 42.8 Å². The van der Waals surface area contributed by atoms with Crippen LogP contribution in [0.1, 0.15) is 31.2 Å². The first kappa shape index (κ1) is 17.2.